The van der Waals surface area contributed by atoms with Crippen LogP contribution in [0, 0.1) is 0 Å². The highest BCUT2D eigenvalue weighted by atomic mass is 31.2. The van der Waals surface area contributed by atoms with Gasteiger partial charge in [-0.1, -0.05) is 77.4 Å². The number of esters is 1. The number of aliphatic hydroxyl groups is 1. The maximum absolute atomic E-state index is 12.4. The Kier molecular flexibility index (Phi) is 19.9. The molecule has 0 aromatic rings. The normalized spacial score (nSPS) is 15.7. The molecule has 0 aromatic carbocycles. The Bertz CT molecular complexity index is 605. The minimum atomic E-state index is -4.16. The van der Waals surface area contributed by atoms with Crippen molar-refractivity contribution in [3.8, 4) is 0 Å². The van der Waals surface area contributed by atoms with E-state index in [4.69, 9.17) is 9.26 Å². The van der Waals surface area contributed by atoms with Gasteiger partial charge in [0.05, 0.1) is 27.7 Å². The molecule has 3 atom stereocenters. The molecule has 0 spiro atoms. The fourth-order valence-electron chi connectivity index (χ4n) is 4.12. The summed E-state index contributed by atoms with van der Waals surface area (Å²) >= 11 is 0. The van der Waals surface area contributed by atoms with Gasteiger partial charge in [0.15, 0.2) is 13.4 Å². The lowest BCUT2D eigenvalue weighted by Crippen LogP contribution is -2.47. The van der Waals surface area contributed by atoms with Crippen LogP contribution >= 0.6 is 7.60 Å². The fourth-order valence-corrected chi connectivity index (χ4v) is 5.97. The highest BCUT2D eigenvalue weighted by Crippen LogP contribution is 2.47. The van der Waals surface area contributed by atoms with Gasteiger partial charge in [0.2, 0.25) is 0 Å². The number of allylic oxidation sites excluding steroid dienone is 2. The number of hydrogen-bond donors (Lipinski definition) is 1. The fraction of sp³-hybridized carbons (Fsp3) is 0.889. The third-order valence-electron chi connectivity index (χ3n) is 6.15. The first kappa shape index (κ1) is 34.3. The van der Waals surface area contributed by atoms with Gasteiger partial charge in [-0.15, -0.1) is 0 Å². The highest BCUT2D eigenvalue weighted by molar-refractivity contribution is 7.51. The summed E-state index contributed by atoms with van der Waals surface area (Å²) in [5.74, 6) is -1.08. The van der Waals surface area contributed by atoms with E-state index in [0.717, 1.165) is 25.7 Å². The van der Waals surface area contributed by atoms with E-state index >= 15 is 0 Å². The van der Waals surface area contributed by atoms with E-state index in [1.54, 1.807) is 28.1 Å². The van der Waals surface area contributed by atoms with Gasteiger partial charge in [-0.25, -0.2) is 0 Å². The van der Waals surface area contributed by atoms with Gasteiger partial charge in [0.1, 0.15) is 12.7 Å². The maximum atomic E-state index is 12.4. The van der Waals surface area contributed by atoms with Gasteiger partial charge in [0.25, 0.3) is 0 Å². The van der Waals surface area contributed by atoms with Gasteiger partial charge < -0.3 is 28.3 Å². The minimum absolute atomic E-state index is 0.219. The number of aliphatic hydroxyl groups excluding tert-OH is 1. The number of rotatable bonds is 23. The molecule has 35 heavy (non-hydrogen) atoms. The highest BCUT2D eigenvalue weighted by Gasteiger charge is 2.34. The molecule has 0 aliphatic carbocycles. The molecule has 0 rings (SSSR count). The van der Waals surface area contributed by atoms with E-state index in [0.29, 0.717) is 12.8 Å². The number of ether oxygens (including phenoxy) is 1. The Balaban J connectivity index is 3.75. The quantitative estimate of drug-likeness (QED) is 0.0590. The Morgan fingerprint density at radius 2 is 1.40 bits per heavy atom. The molecule has 8 heteroatoms. The first-order valence-corrected chi connectivity index (χ1v) is 15.4. The van der Waals surface area contributed by atoms with Crippen molar-refractivity contribution in [1.29, 1.82) is 0 Å². The molecule has 0 heterocycles. The summed E-state index contributed by atoms with van der Waals surface area (Å²) in [7, 11) is 1.20. The zero-order valence-electron chi connectivity index (χ0n) is 23.2. The lowest BCUT2D eigenvalue weighted by Gasteiger charge is -2.41. The third-order valence-corrected chi connectivity index (χ3v) is 8.45. The standard InChI is InChI=1S/C27H54NO6P/c1-6-8-9-10-11-12-13-14-15-16-17-18-19-20-21-22-27(30)33-23-25(29)24-34-35(31,32)26(7-2)28(3,4)5/h17-18,25-26,29H,6-16,19-24H2,1-5H3/b18-17-/t25-,26?/m1/s1. The predicted molar refractivity (Wildman–Crippen MR) is 142 cm³/mol. The summed E-state index contributed by atoms with van der Waals surface area (Å²) in [4.78, 5) is 24.2. The monoisotopic (exact) mass is 519 g/mol. The van der Waals surface area contributed by atoms with Crippen LogP contribution in [-0.2, 0) is 18.6 Å². The Morgan fingerprint density at radius 1 is 0.886 bits per heavy atom. The van der Waals surface area contributed by atoms with Crippen molar-refractivity contribution < 1.29 is 33.1 Å². The number of unbranched alkanes of at least 4 members (excludes halogenated alkanes) is 11. The Hall–Kier alpha value is -0.720. The topological polar surface area (TPSA) is 95.9 Å². The van der Waals surface area contributed by atoms with Crippen LogP contribution in [0.5, 0.6) is 0 Å². The maximum Gasteiger partial charge on any atom is 0.305 e. The molecule has 0 bridgehead atoms. The van der Waals surface area contributed by atoms with Crippen LogP contribution in [0.1, 0.15) is 110 Å². The Labute approximate surface area is 215 Å². The van der Waals surface area contributed by atoms with E-state index < -0.39 is 26.1 Å². The second-order valence-corrected chi connectivity index (χ2v) is 12.4. The molecular formula is C27H54NO6P. The first-order valence-electron chi connectivity index (χ1n) is 13.8. The molecule has 0 saturated carbocycles. The number of quaternary nitrogens is 1. The summed E-state index contributed by atoms with van der Waals surface area (Å²) in [5, 5.41) is 9.95. The summed E-state index contributed by atoms with van der Waals surface area (Å²) in [5.41, 5.74) is 0. The van der Waals surface area contributed by atoms with Crippen LogP contribution in [0.2, 0.25) is 0 Å². The molecule has 2 unspecified atom stereocenters. The van der Waals surface area contributed by atoms with Crippen molar-refractivity contribution in [2.75, 3.05) is 34.4 Å². The number of carbonyl (C=O) groups excluding carboxylic acids is 1. The van der Waals surface area contributed by atoms with Crippen LogP contribution in [0.15, 0.2) is 12.2 Å². The largest absolute Gasteiger partial charge is 0.774 e. The van der Waals surface area contributed by atoms with Crippen LogP contribution in [0.4, 0.5) is 0 Å². The Morgan fingerprint density at radius 3 is 1.91 bits per heavy atom. The van der Waals surface area contributed by atoms with Crippen LogP contribution in [-0.4, -0.2) is 61.8 Å². The lowest BCUT2D eigenvalue weighted by molar-refractivity contribution is -0.884. The smallest absolute Gasteiger partial charge is 0.305 e. The van der Waals surface area contributed by atoms with Gasteiger partial charge in [0, 0.05) is 12.8 Å². The van der Waals surface area contributed by atoms with Crippen molar-refractivity contribution in [3.05, 3.63) is 12.2 Å². The average molecular weight is 520 g/mol. The molecule has 0 amide bonds. The molecule has 0 aromatic heterocycles. The molecule has 1 N–H and O–H groups in total. The summed E-state index contributed by atoms with van der Waals surface area (Å²) in [6, 6.07) is 0. The van der Waals surface area contributed by atoms with Crippen molar-refractivity contribution in [2.45, 2.75) is 122 Å². The van der Waals surface area contributed by atoms with E-state index in [9.17, 15) is 19.4 Å². The van der Waals surface area contributed by atoms with Gasteiger partial charge in [-0.05, 0) is 32.1 Å². The second-order valence-electron chi connectivity index (χ2n) is 10.5. The van der Waals surface area contributed by atoms with Crippen LogP contribution in [0.3, 0.4) is 0 Å². The van der Waals surface area contributed by atoms with E-state index in [2.05, 4.69) is 19.1 Å². The third kappa shape index (κ3) is 19.1. The number of nitrogens with zero attached hydrogens (tertiary/aromatic N) is 1. The first-order chi connectivity index (χ1) is 16.5. The lowest BCUT2D eigenvalue weighted by atomic mass is 10.1. The van der Waals surface area contributed by atoms with Crippen molar-refractivity contribution in [3.63, 3.8) is 0 Å². The second kappa shape index (κ2) is 20.4. The van der Waals surface area contributed by atoms with E-state index in [-0.39, 0.29) is 17.1 Å². The SMILES string of the molecule is CCCCCCCCCCC/C=C\CCCCC(=O)OC[C@@H](O)COP(=O)([O-])C(CC)[N+](C)(C)C. The zero-order valence-corrected chi connectivity index (χ0v) is 24.1. The summed E-state index contributed by atoms with van der Waals surface area (Å²) in [6.07, 6.45) is 19.8. The summed E-state index contributed by atoms with van der Waals surface area (Å²) < 4.78 is 22.7. The summed E-state index contributed by atoms with van der Waals surface area (Å²) in [6.45, 7) is 3.36. The molecule has 0 aliphatic rings. The van der Waals surface area contributed by atoms with Gasteiger partial charge in [-0.3, -0.25) is 4.79 Å². The van der Waals surface area contributed by atoms with Crippen molar-refractivity contribution in [1.82, 2.24) is 0 Å². The molecule has 0 radical (unpaired) electrons. The zero-order chi connectivity index (χ0) is 26.6. The molecule has 0 aliphatic heterocycles. The van der Waals surface area contributed by atoms with Crippen LogP contribution < -0.4 is 4.89 Å². The number of carbonyl (C=O) groups is 1. The van der Waals surface area contributed by atoms with E-state index in [1.165, 1.54) is 57.8 Å². The van der Waals surface area contributed by atoms with Crippen molar-refractivity contribution >= 4 is 13.6 Å². The average Bonchev–Trinajstić information content (AvgIpc) is 2.78. The molecule has 0 fully saturated rings. The van der Waals surface area contributed by atoms with Gasteiger partial charge >= 0.3 is 5.97 Å². The van der Waals surface area contributed by atoms with Gasteiger partial charge in [-0.2, -0.15) is 0 Å². The molecule has 0 saturated heterocycles. The predicted octanol–water partition coefficient (Wildman–Crippen LogP) is 5.94. The molecular weight excluding hydrogens is 465 g/mol. The number of hydrogen-bond acceptors (Lipinski definition) is 6. The minimum Gasteiger partial charge on any atom is -0.774 e. The van der Waals surface area contributed by atoms with Crippen LogP contribution in [0.25, 0.3) is 0 Å². The molecule has 7 nitrogen and oxygen atoms in total. The molecule has 208 valence electrons. The van der Waals surface area contributed by atoms with Crippen molar-refractivity contribution in [2.24, 2.45) is 0 Å². The van der Waals surface area contributed by atoms with E-state index in [1.807, 2.05) is 0 Å².